The molecule has 136 valence electrons. The molecule has 0 nitrogen and oxygen atoms in total. The van der Waals surface area contributed by atoms with Crippen LogP contribution in [0.3, 0.4) is 0 Å². The lowest BCUT2D eigenvalue weighted by Crippen LogP contribution is -1.88. The maximum atomic E-state index is 3.57. The number of halogens is 1. The van der Waals surface area contributed by atoms with Crippen LogP contribution in [0.4, 0.5) is 0 Å². The van der Waals surface area contributed by atoms with Crippen molar-refractivity contribution in [2.24, 2.45) is 0 Å². The first-order valence-electron chi connectivity index (χ1n) is 9.82. The Balaban J connectivity index is 1.91. The van der Waals surface area contributed by atoms with Crippen molar-refractivity contribution in [1.82, 2.24) is 0 Å². The Morgan fingerprint density at radius 3 is 1.48 bits per heavy atom. The molecule has 6 rings (SSSR count). The molecule has 29 heavy (non-hydrogen) atoms. The number of rotatable bonds is 1. The van der Waals surface area contributed by atoms with Crippen LogP contribution in [0.1, 0.15) is 0 Å². The molecule has 6 aromatic carbocycles. The van der Waals surface area contributed by atoms with Gasteiger partial charge in [-0.3, -0.25) is 0 Å². The first kappa shape index (κ1) is 16.8. The molecule has 0 amide bonds. The minimum Gasteiger partial charge on any atom is -0.0616 e. The van der Waals surface area contributed by atoms with Crippen molar-refractivity contribution in [1.29, 1.82) is 0 Å². The first-order chi connectivity index (χ1) is 14.3. The lowest BCUT2D eigenvalue weighted by molar-refractivity contribution is 1.63. The van der Waals surface area contributed by atoms with Crippen LogP contribution < -0.4 is 0 Å². The molecule has 0 bridgehead atoms. The predicted molar refractivity (Wildman–Crippen MR) is 130 cm³/mol. The SMILES string of the molecule is Brc1ccc(-c2cc3c4ccccc4c4ccccc4c3c3ccccc23)cc1. The molecule has 0 N–H and O–H groups in total. The van der Waals surface area contributed by atoms with Crippen LogP contribution >= 0.6 is 15.9 Å². The van der Waals surface area contributed by atoms with Gasteiger partial charge in [-0.2, -0.15) is 0 Å². The van der Waals surface area contributed by atoms with Crippen molar-refractivity contribution in [3.63, 3.8) is 0 Å². The molecule has 0 saturated carbocycles. The van der Waals surface area contributed by atoms with Gasteiger partial charge in [0.15, 0.2) is 0 Å². The fourth-order valence-corrected chi connectivity index (χ4v) is 4.90. The molecule has 0 saturated heterocycles. The van der Waals surface area contributed by atoms with Gasteiger partial charge >= 0.3 is 0 Å². The molecule has 0 fully saturated rings. The summed E-state index contributed by atoms with van der Waals surface area (Å²) in [5.74, 6) is 0. The summed E-state index contributed by atoms with van der Waals surface area (Å²) in [6.45, 7) is 0. The Labute approximate surface area is 177 Å². The van der Waals surface area contributed by atoms with Crippen LogP contribution in [0.25, 0.3) is 54.2 Å². The standard InChI is InChI=1S/C28H17Br/c29-19-15-13-18(14-16-19)26-17-27-22-9-2-1-7-20(22)21-8-3-5-11-24(21)28(27)25-12-6-4-10-23(25)26/h1-17H. The zero-order valence-corrected chi connectivity index (χ0v) is 17.3. The van der Waals surface area contributed by atoms with Crippen LogP contribution in [-0.2, 0) is 0 Å². The lowest BCUT2D eigenvalue weighted by Gasteiger charge is -2.16. The summed E-state index contributed by atoms with van der Waals surface area (Å²) in [4.78, 5) is 0. The quantitative estimate of drug-likeness (QED) is 0.228. The summed E-state index contributed by atoms with van der Waals surface area (Å²) in [6, 6.07) is 37.4. The molecule has 0 aliphatic heterocycles. The van der Waals surface area contributed by atoms with Crippen LogP contribution in [0.2, 0.25) is 0 Å². The van der Waals surface area contributed by atoms with Gasteiger partial charge in [0.25, 0.3) is 0 Å². The lowest BCUT2D eigenvalue weighted by atomic mass is 9.87. The molecular weight excluding hydrogens is 416 g/mol. The summed E-state index contributed by atoms with van der Waals surface area (Å²) in [6.07, 6.45) is 0. The van der Waals surface area contributed by atoms with E-state index in [9.17, 15) is 0 Å². The Kier molecular flexibility index (Phi) is 3.72. The highest BCUT2D eigenvalue weighted by molar-refractivity contribution is 9.10. The van der Waals surface area contributed by atoms with E-state index < -0.39 is 0 Å². The van der Waals surface area contributed by atoms with Gasteiger partial charge < -0.3 is 0 Å². The normalized spacial score (nSPS) is 11.6. The Morgan fingerprint density at radius 1 is 0.414 bits per heavy atom. The number of hydrogen-bond donors (Lipinski definition) is 0. The number of hydrogen-bond acceptors (Lipinski definition) is 0. The molecular formula is C28H17Br. The van der Waals surface area contributed by atoms with Gasteiger partial charge in [0.1, 0.15) is 0 Å². The van der Waals surface area contributed by atoms with E-state index in [0.717, 1.165) is 4.47 Å². The van der Waals surface area contributed by atoms with E-state index in [0.29, 0.717) is 0 Å². The molecule has 1 heteroatoms. The molecule has 0 aliphatic carbocycles. The largest absolute Gasteiger partial charge is 0.0616 e. The molecule has 6 aromatic rings. The van der Waals surface area contributed by atoms with Crippen molar-refractivity contribution < 1.29 is 0 Å². The second-order valence-electron chi connectivity index (χ2n) is 7.49. The van der Waals surface area contributed by atoms with E-state index in [4.69, 9.17) is 0 Å². The third-order valence-electron chi connectivity index (χ3n) is 5.90. The van der Waals surface area contributed by atoms with Gasteiger partial charge in [-0.15, -0.1) is 0 Å². The van der Waals surface area contributed by atoms with Crippen LogP contribution in [-0.4, -0.2) is 0 Å². The van der Waals surface area contributed by atoms with Gasteiger partial charge in [0.05, 0.1) is 0 Å². The van der Waals surface area contributed by atoms with Crippen molar-refractivity contribution >= 4 is 59.0 Å². The molecule has 0 atom stereocenters. The van der Waals surface area contributed by atoms with Crippen LogP contribution in [0.15, 0.2) is 108 Å². The van der Waals surface area contributed by atoms with E-state index in [-0.39, 0.29) is 0 Å². The minimum absolute atomic E-state index is 1.10. The van der Waals surface area contributed by atoms with Crippen molar-refractivity contribution in [2.75, 3.05) is 0 Å². The molecule has 0 radical (unpaired) electrons. The van der Waals surface area contributed by atoms with Crippen molar-refractivity contribution in [2.45, 2.75) is 0 Å². The highest BCUT2D eigenvalue weighted by atomic mass is 79.9. The van der Waals surface area contributed by atoms with Crippen LogP contribution in [0, 0.1) is 0 Å². The Bertz CT molecular complexity index is 1540. The summed E-state index contributed by atoms with van der Waals surface area (Å²) in [7, 11) is 0. The van der Waals surface area contributed by atoms with E-state index in [1.54, 1.807) is 0 Å². The molecule has 0 aromatic heterocycles. The number of benzene rings is 6. The Hall–Kier alpha value is -3.16. The highest BCUT2D eigenvalue weighted by Gasteiger charge is 2.14. The monoisotopic (exact) mass is 432 g/mol. The molecule has 0 heterocycles. The van der Waals surface area contributed by atoms with E-state index in [2.05, 4.69) is 119 Å². The van der Waals surface area contributed by atoms with Crippen molar-refractivity contribution in [3.05, 3.63) is 108 Å². The Morgan fingerprint density at radius 2 is 0.862 bits per heavy atom. The smallest absolute Gasteiger partial charge is 0.0175 e. The van der Waals surface area contributed by atoms with Crippen LogP contribution in [0.5, 0.6) is 0 Å². The third kappa shape index (κ3) is 2.51. The average molecular weight is 433 g/mol. The third-order valence-corrected chi connectivity index (χ3v) is 6.43. The number of fused-ring (bicyclic) bond motifs is 8. The van der Waals surface area contributed by atoms with Crippen molar-refractivity contribution in [3.8, 4) is 11.1 Å². The minimum atomic E-state index is 1.10. The first-order valence-corrected chi connectivity index (χ1v) is 10.6. The zero-order chi connectivity index (χ0) is 19.4. The average Bonchev–Trinajstić information content (AvgIpc) is 2.79. The summed E-state index contributed by atoms with van der Waals surface area (Å²) < 4.78 is 1.10. The van der Waals surface area contributed by atoms with Gasteiger partial charge in [-0.05, 0) is 72.4 Å². The van der Waals surface area contributed by atoms with Gasteiger partial charge in [0.2, 0.25) is 0 Å². The van der Waals surface area contributed by atoms with E-state index in [1.807, 2.05) is 0 Å². The molecule has 0 aliphatic rings. The predicted octanol–water partition coefficient (Wildman–Crippen LogP) is 8.73. The topological polar surface area (TPSA) is 0 Å². The maximum Gasteiger partial charge on any atom is 0.0175 e. The fraction of sp³-hybridized carbons (Fsp3) is 0. The van der Waals surface area contributed by atoms with E-state index >= 15 is 0 Å². The molecule has 0 spiro atoms. The fourth-order valence-electron chi connectivity index (χ4n) is 4.64. The van der Waals surface area contributed by atoms with Gasteiger partial charge in [0, 0.05) is 4.47 Å². The van der Waals surface area contributed by atoms with Gasteiger partial charge in [-0.1, -0.05) is 101 Å². The zero-order valence-electron chi connectivity index (χ0n) is 15.7. The maximum absolute atomic E-state index is 3.57. The summed E-state index contributed by atoms with van der Waals surface area (Å²) in [5, 5.41) is 10.5. The summed E-state index contributed by atoms with van der Waals surface area (Å²) >= 11 is 3.57. The van der Waals surface area contributed by atoms with E-state index in [1.165, 1.54) is 54.2 Å². The highest BCUT2D eigenvalue weighted by Crippen LogP contribution is 2.42. The second-order valence-corrected chi connectivity index (χ2v) is 8.41. The summed E-state index contributed by atoms with van der Waals surface area (Å²) in [5.41, 5.74) is 2.52. The van der Waals surface area contributed by atoms with Gasteiger partial charge in [-0.25, -0.2) is 0 Å². The second kappa shape index (κ2) is 6.43. The molecule has 0 unspecified atom stereocenters.